The molecule has 0 aliphatic rings. The number of hydrogen-bond acceptors (Lipinski definition) is 4. The first-order valence-corrected chi connectivity index (χ1v) is 4.71. The molecule has 0 saturated carbocycles. The number of ether oxygens (including phenoxy) is 1. The molecule has 13 heavy (non-hydrogen) atoms. The topological polar surface area (TPSA) is 59.4 Å². The molecule has 0 radical (unpaired) electrons. The van der Waals surface area contributed by atoms with E-state index in [1.807, 2.05) is 6.92 Å². The number of methoxy groups -OCH3 is 1. The lowest BCUT2D eigenvalue weighted by molar-refractivity contribution is 0.0689. The first-order chi connectivity index (χ1) is 6.19. The Labute approximate surface area is 80.2 Å². The average Bonchev–Trinajstić information content (AvgIpc) is 2.48. The van der Waals surface area contributed by atoms with Crippen LogP contribution < -0.4 is 0 Å². The van der Waals surface area contributed by atoms with Crippen LogP contribution in [0.4, 0.5) is 0 Å². The van der Waals surface area contributed by atoms with Crippen molar-refractivity contribution in [1.29, 1.82) is 0 Å². The zero-order chi connectivity index (χ0) is 9.84. The predicted molar refractivity (Wildman–Crippen MR) is 49.2 cm³/mol. The van der Waals surface area contributed by atoms with Gasteiger partial charge in [0.2, 0.25) is 0 Å². The highest BCUT2D eigenvalue weighted by atomic mass is 32.1. The molecule has 1 heterocycles. The quantitative estimate of drug-likeness (QED) is 0.802. The van der Waals surface area contributed by atoms with Crippen molar-refractivity contribution in [2.24, 2.45) is 0 Å². The van der Waals surface area contributed by atoms with Gasteiger partial charge in [0.1, 0.15) is 5.01 Å². The summed E-state index contributed by atoms with van der Waals surface area (Å²) in [6.07, 6.45) is 0.697. The average molecular weight is 201 g/mol. The maximum atomic E-state index is 10.7. The molecule has 1 aromatic rings. The molecule has 0 aromatic carbocycles. The molecule has 5 heteroatoms. The zero-order valence-corrected chi connectivity index (χ0v) is 8.35. The van der Waals surface area contributed by atoms with Gasteiger partial charge in [-0.1, -0.05) is 6.92 Å². The number of hydrogen-bond donors (Lipinski definition) is 1. The lowest BCUT2D eigenvalue weighted by atomic mass is 10.3. The number of aromatic nitrogens is 1. The monoisotopic (exact) mass is 201 g/mol. The van der Waals surface area contributed by atoms with E-state index >= 15 is 0 Å². The molecule has 0 unspecified atom stereocenters. The minimum absolute atomic E-state index is 0.166. The van der Waals surface area contributed by atoms with Crippen LogP contribution in [0.3, 0.4) is 0 Å². The van der Waals surface area contributed by atoms with Crippen molar-refractivity contribution in [3.63, 3.8) is 0 Å². The van der Waals surface area contributed by atoms with Crippen LogP contribution in [0.25, 0.3) is 0 Å². The summed E-state index contributed by atoms with van der Waals surface area (Å²) in [6, 6.07) is 0. The smallest absolute Gasteiger partial charge is 0.355 e. The van der Waals surface area contributed by atoms with Crippen LogP contribution in [0.1, 0.15) is 27.3 Å². The van der Waals surface area contributed by atoms with Crippen LogP contribution in [0.5, 0.6) is 0 Å². The lowest BCUT2D eigenvalue weighted by Crippen LogP contribution is -2.00. The Morgan fingerprint density at radius 1 is 1.69 bits per heavy atom. The van der Waals surface area contributed by atoms with Gasteiger partial charge in [-0.25, -0.2) is 9.78 Å². The maximum absolute atomic E-state index is 10.7. The van der Waals surface area contributed by atoms with E-state index in [-0.39, 0.29) is 5.69 Å². The molecule has 0 atom stereocenters. The molecule has 0 bridgehead atoms. The van der Waals surface area contributed by atoms with Gasteiger partial charge in [-0.15, -0.1) is 11.3 Å². The molecule has 0 aliphatic carbocycles. The summed E-state index contributed by atoms with van der Waals surface area (Å²) >= 11 is 1.40. The third-order valence-corrected chi connectivity index (χ3v) is 2.71. The fraction of sp³-hybridized carbons (Fsp3) is 0.500. The second kappa shape index (κ2) is 4.34. The molecule has 0 amide bonds. The van der Waals surface area contributed by atoms with Crippen molar-refractivity contribution >= 4 is 17.3 Å². The minimum atomic E-state index is -0.963. The molecule has 0 fully saturated rings. The third kappa shape index (κ3) is 2.26. The number of carboxylic acid groups (broad SMARTS) is 1. The van der Waals surface area contributed by atoms with Gasteiger partial charge < -0.3 is 9.84 Å². The fourth-order valence-corrected chi connectivity index (χ4v) is 1.96. The largest absolute Gasteiger partial charge is 0.476 e. The van der Waals surface area contributed by atoms with Gasteiger partial charge in [0.15, 0.2) is 5.69 Å². The van der Waals surface area contributed by atoms with E-state index in [1.165, 1.54) is 11.3 Å². The van der Waals surface area contributed by atoms with Crippen LogP contribution in [0.2, 0.25) is 0 Å². The van der Waals surface area contributed by atoms with Crippen molar-refractivity contribution < 1.29 is 14.6 Å². The number of rotatable bonds is 4. The van der Waals surface area contributed by atoms with Gasteiger partial charge in [-0.05, 0) is 6.42 Å². The summed E-state index contributed by atoms with van der Waals surface area (Å²) in [7, 11) is 1.56. The summed E-state index contributed by atoms with van der Waals surface area (Å²) < 4.78 is 4.88. The van der Waals surface area contributed by atoms with Crippen molar-refractivity contribution in [2.45, 2.75) is 20.0 Å². The van der Waals surface area contributed by atoms with Crippen molar-refractivity contribution in [2.75, 3.05) is 7.11 Å². The van der Waals surface area contributed by atoms with Crippen molar-refractivity contribution in [1.82, 2.24) is 4.98 Å². The normalized spacial score (nSPS) is 10.3. The minimum Gasteiger partial charge on any atom is -0.476 e. The number of thiazole rings is 1. The molecule has 1 aromatic heterocycles. The van der Waals surface area contributed by atoms with E-state index in [0.29, 0.717) is 13.0 Å². The van der Waals surface area contributed by atoms with E-state index in [0.717, 1.165) is 9.88 Å². The van der Waals surface area contributed by atoms with Crippen LogP contribution in [-0.4, -0.2) is 23.2 Å². The number of nitrogens with zero attached hydrogens (tertiary/aromatic N) is 1. The summed E-state index contributed by atoms with van der Waals surface area (Å²) in [5.41, 5.74) is 0.166. The maximum Gasteiger partial charge on any atom is 0.355 e. The van der Waals surface area contributed by atoms with Crippen molar-refractivity contribution in [3.05, 3.63) is 15.6 Å². The standard InChI is InChI=1S/C8H11NO3S/c1-3-5-7(8(10)11)9-6(13-5)4-12-2/h3-4H2,1-2H3,(H,10,11). The van der Waals surface area contributed by atoms with E-state index in [1.54, 1.807) is 7.11 Å². The molecule has 0 aliphatic heterocycles. The molecule has 1 N–H and O–H groups in total. The lowest BCUT2D eigenvalue weighted by Gasteiger charge is -1.89. The third-order valence-electron chi connectivity index (χ3n) is 1.53. The Kier molecular flexibility index (Phi) is 3.39. The highest BCUT2D eigenvalue weighted by Gasteiger charge is 2.15. The summed E-state index contributed by atoms with van der Waals surface area (Å²) in [5, 5.41) is 9.50. The van der Waals surface area contributed by atoms with Crippen LogP contribution >= 0.6 is 11.3 Å². The molecule has 1 rings (SSSR count). The Hall–Kier alpha value is -0.940. The van der Waals surface area contributed by atoms with Crippen molar-refractivity contribution in [3.8, 4) is 0 Å². The summed E-state index contributed by atoms with van der Waals surface area (Å²) in [6.45, 7) is 2.29. The van der Waals surface area contributed by atoms with Gasteiger partial charge in [0.05, 0.1) is 6.61 Å². The fourth-order valence-electron chi connectivity index (χ4n) is 0.992. The van der Waals surface area contributed by atoms with E-state index < -0.39 is 5.97 Å². The van der Waals surface area contributed by atoms with E-state index in [2.05, 4.69) is 4.98 Å². The number of carbonyl (C=O) groups is 1. The highest BCUT2D eigenvalue weighted by Crippen LogP contribution is 2.19. The molecule has 0 saturated heterocycles. The summed E-state index contributed by atoms with van der Waals surface area (Å²) in [5.74, 6) is -0.963. The SMILES string of the molecule is CCc1sc(COC)nc1C(=O)O. The second-order valence-electron chi connectivity index (χ2n) is 2.47. The molecular weight excluding hydrogens is 190 g/mol. The molecule has 0 spiro atoms. The second-order valence-corrected chi connectivity index (χ2v) is 3.64. The Morgan fingerprint density at radius 3 is 2.77 bits per heavy atom. The van der Waals surface area contributed by atoms with Gasteiger partial charge in [-0.3, -0.25) is 0 Å². The molecule has 4 nitrogen and oxygen atoms in total. The van der Waals surface area contributed by atoms with E-state index in [9.17, 15) is 4.79 Å². The molecular formula is C8H11NO3S. The number of aromatic carboxylic acids is 1. The number of aryl methyl sites for hydroxylation is 1. The van der Waals surface area contributed by atoms with Gasteiger partial charge in [0, 0.05) is 12.0 Å². The Morgan fingerprint density at radius 2 is 2.38 bits per heavy atom. The van der Waals surface area contributed by atoms with Crippen LogP contribution in [0, 0.1) is 0 Å². The Bertz CT molecular complexity index is 308. The van der Waals surface area contributed by atoms with Gasteiger partial charge in [0.25, 0.3) is 0 Å². The first kappa shape index (κ1) is 10.1. The molecule has 72 valence electrons. The van der Waals surface area contributed by atoms with Gasteiger partial charge >= 0.3 is 5.97 Å². The van der Waals surface area contributed by atoms with Crippen LogP contribution in [-0.2, 0) is 17.8 Å². The first-order valence-electron chi connectivity index (χ1n) is 3.89. The summed E-state index contributed by atoms with van der Waals surface area (Å²) in [4.78, 5) is 15.5. The van der Waals surface area contributed by atoms with Gasteiger partial charge in [-0.2, -0.15) is 0 Å². The Balaban J connectivity index is 2.97. The van der Waals surface area contributed by atoms with E-state index in [4.69, 9.17) is 9.84 Å². The zero-order valence-electron chi connectivity index (χ0n) is 7.53. The van der Waals surface area contributed by atoms with Crippen LogP contribution in [0.15, 0.2) is 0 Å². The predicted octanol–water partition coefficient (Wildman–Crippen LogP) is 1.55. The highest BCUT2D eigenvalue weighted by molar-refractivity contribution is 7.11. The number of carboxylic acids is 1.